The zero-order valence-corrected chi connectivity index (χ0v) is 12.6. The minimum Gasteiger partial charge on any atom is -0.384 e. The molecule has 1 heterocycles. The molecule has 0 bridgehead atoms. The van der Waals surface area contributed by atoms with Gasteiger partial charge in [-0.3, -0.25) is 0 Å². The van der Waals surface area contributed by atoms with E-state index in [-0.39, 0.29) is 6.04 Å². The maximum Gasteiger partial charge on any atom is 0.243 e. The van der Waals surface area contributed by atoms with Crippen LogP contribution < -0.4 is 5.32 Å². The SMILES string of the molecule is CCC(C)N(CC)S(=O)(=O)c1ccc2c(c1)NCC2. The highest BCUT2D eigenvalue weighted by Crippen LogP contribution is 2.27. The van der Waals surface area contributed by atoms with Gasteiger partial charge >= 0.3 is 0 Å². The zero-order valence-electron chi connectivity index (χ0n) is 11.8. The number of rotatable bonds is 5. The summed E-state index contributed by atoms with van der Waals surface area (Å²) in [5.41, 5.74) is 2.16. The maximum absolute atomic E-state index is 12.7. The van der Waals surface area contributed by atoms with Crippen molar-refractivity contribution in [3.63, 3.8) is 0 Å². The van der Waals surface area contributed by atoms with E-state index in [1.807, 2.05) is 26.8 Å². The summed E-state index contributed by atoms with van der Waals surface area (Å²) in [5.74, 6) is 0. The fraction of sp³-hybridized carbons (Fsp3) is 0.571. The molecule has 1 N–H and O–H groups in total. The first kappa shape index (κ1) is 14.3. The number of hydrogen-bond donors (Lipinski definition) is 1. The molecule has 4 nitrogen and oxygen atoms in total. The average molecular weight is 282 g/mol. The van der Waals surface area contributed by atoms with Gasteiger partial charge in [-0.15, -0.1) is 0 Å². The monoisotopic (exact) mass is 282 g/mol. The van der Waals surface area contributed by atoms with Crippen molar-refractivity contribution in [2.75, 3.05) is 18.4 Å². The molecule has 0 aliphatic carbocycles. The molecule has 1 atom stereocenters. The Labute approximate surface area is 115 Å². The van der Waals surface area contributed by atoms with Crippen molar-refractivity contribution in [2.45, 2.75) is 44.6 Å². The summed E-state index contributed by atoms with van der Waals surface area (Å²) in [7, 11) is -3.39. The minimum absolute atomic E-state index is 0.0243. The second kappa shape index (κ2) is 5.51. The Balaban J connectivity index is 2.38. The second-order valence-electron chi connectivity index (χ2n) is 4.96. The molecular weight excluding hydrogens is 260 g/mol. The van der Waals surface area contributed by atoms with E-state index in [4.69, 9.17) is 0 Å². The van der Waals surface area contributed by atoms with Crippen LogP contribution in [-0.4, -0.2) is 31.9 Å². The van der Waals surface area contributed by atoms with Crippen molar-refractivity contribution in [3.05, 3.63) is 23.8 Å². The Bertz CT molecular complexity index is 555. The number of sulfonamides is 1. The summed E-state index contributed by atoms with van der Waals surface area (Å²) in [6, 6.07) is 5.44. The molecule has 1 aliphatic rings. The molecule has 0 saturated carbocycles. The number of nitrogens with zero attached hydrogens (tertiary/aromatic N) is 1. The van der Waals surface area contributed by atoms with Gasteiger partial charge in [-0.2, -0.15) is 4.31 Å². The van der Waals surface area contributed by atoms with Crippen molar-refractivity contribution < 1.29 is 8.42 Å². The Hall–Kier alpha value is -1.07. The van der Waals surface area contributed by atoms with E-state index in [9.17, 15) is 8.42 Å². The van der Waals surface area contributed by atoms with Gasteiger partial charge in [-0.05, 0) is 37.5 Å². The Kier molecular flexibility index (Phi) is 4.16. The van der Waals surface area contributed by atoms with Crippen LogP contribution in [0.2, 0.25) is 0 Å². The standard InChI is InChI=1S/C14H22N2O2S/c1-4-11(3)16(5-2)19(17,18)13-7-6-12-8-9-15-14(12)10-13/h6-7,10-11,15H,4-5,8-9H2,1-3H3. The van der Waals surface area contributed by atoms with E-state index in [0.717, 1.165) is 25.1 Å². The first-order valence-electron chi connectivity index (χ1n) is 6.89. The lowest BCUT2D eigenvalue weighted by atomic mass is 10.2. The van der Waals surface area contributed by atoms with Crippen LogP contribution in [0, 0.1) is 0 Å². The van der Waals surface area contributed by atoms with E-state index in [1.165, 1.54) is 5.56 Å². The highest BCUT2D eigenvalue weighted by Gasteiger charge is 2.27. The third-order valence-electron chi connectivity index (χ3n) is 3.79. The van der Waals surface area contributed by atoms with Crippen LogP contribution in [0.4, 0.5) is 5.69 Å². The smallest absolute Gasteiger partial charge is 0.243 e. The van der Waals surface area contributed by atoms with Gasteiger partial charge in [-0.1, -0.05) is 19.9 Å². The zero-order chi connectivity index (χ0) is 14.0. The first-order chi connectivity index (χ1) is 9.00. The van der Waals surface area contributed by atoms with Gasteiger partial charge < -0.3 is 5.32 Å². The van der Waals surface area contributed by atoms with Gasteiger partial charge in [0.2, 0.25) is 10.0 Å². The van der Waals surface area contributed by atoms with Gasteiger partial charge in [0.1, 0.15) is 0 Å². The lowest BCUT2D eigenvalue weighted by Crippen LogP contribution is -2.38. The van der Waals surface area contributed by atoms with Crippen LogP contribution in [0.3, 0.4) is 0 Å². The topological polar surface area (TPSA) is 49.4 Å². The van der Waals surface area contributed by atoms with Gasteiger partial charge in [-0.25, -0.2) is 8.42 Å². The predicted octanol–water partition coefficient (Wildman–Crippen LogP) is 2.46. The summed E-state index contributed by atoms with van der Waals surface area (Å²) in [4.78, 5) is 0.391. The fourth-order valence-electron chi connectivity index (χ4n) is 2.49. The number of nitrogens with one attached hydrogen (secondary N) is 1. The molecule has 0 radical (unpaired) electrons. The van der Waals surface area contributed by atoms with Crippen molar-refractivity contribution in [1.29, 1.82) is 0 Å². The molecule has 2 rings (SSSR count). The lowest BCUT2D eigenvalue weighted by molar-refractivity contribution is 0.342. The van der Waals surface area contributed by atoms with E-state index < -0.39 is 10.0 Å². The van der Waals surface area contributed by atoms with Gasteiger partial charge in [0, 0.05) is 24.8 Å². The van der Waals surface area contributed by atoms with Crippen molar-refractivity contribution >= 4 is 15.7 Å². The Morgan fingerprint density at radius 3 is 2.74 bits per heavy atom. The third kappa shape index (κ3) is 2.62. The molecule has 1 aromatic carbocycles. The summed E-state index contributed by atoms with van der Waals surface area (Å²) in [5, 5.41) is 3.23. The van der Waals surface area contributed by atoms with Crippen LogP contribution in [0.1, 0.15) is 32.8 Å². The molecule has 106 valence electrons. The maximum atomic E-state index is 12.7. The number of benzene rings is 1. The number of fused-ring (bicyclic) bond motifs is 1. The number of hydrogen-bond acceptors (Lipinski definition) is 3. The summed E-state index contributed by atoms with van der Waals surface area (Å²) in [6.45, 7) is 7.23. The predicted molar refractivity (Wildman–Crippen MR) is 78.0 cm³/mol. The molecule has 1 unspecified atom stereocenters. The minimum atomic E-state index is -3.39. The normalized spacial score (nSPS) is 16.2. The molecule has 1 aromatic rings. The molecule has 19 heavy (non-hydrogen) atoms. The van der Waals surface area contributed by atoms with Gasteiger partial charge in [0.25, 0.3) is 0 Å². The molecular formula is C14H22N2O2S. The summed E-state index contributed by atoms with van der Waals surface area (Å²) < 4.78 is 26.9. The van der Waals surface area contributed by atoms with Crippen molar-refractivity contribution in [3.8, 4) is 0 Å². The molecule has 1 aliphatic heterocycles. The van der Waals surface area contributed by atoms with E-state index in [0.29, 0.717) is 11.4 Å². The van der Waals surface area contributed by atoms with Crippen LogP contribution >= 0.6 is 0 Å². The molecule has 0 spiro atoms. The first-order valence-corrected chi connectivity index (χ1v) is 8.33. The van der Waals surface area contributed by atoms with Crippen molar-refractivity contribution in [1.82, 2.24) is 4.31 Å². The van der Waals surface area contributed by atoms with E-state index in [2.05, 4.69) is 5.32 Å². The van der Waals surface area contributed by atoms with Gasteiger partial charge in [0.15, 0.2) is 0 Å². The highest BCUT2D eigenvalue weighted by atomic mass is 32.2. The third-order valence-corrected chi connectivity index (χ3v) is 5.88. The quantitative estimate of drug-likeness (QED) is 0.902. The van der Waals surface area contributed by atoms with Crippen LogP contribution in [-0.2, 0) is 16.4 Å². The fourth-order valence-corrected chi connectivity index (χ4v) is 4.23. The molecule has 5 heteroatoms. The van der Waals surface area contributed by atoms with E-state index >= 15 is 0 Å². The van der Waals surface area contributed by atoms with Crippen LogP contribution in [0.5, 0.6) is 0 Å². The summed E-state index contributed by atoms with van der Waals surface area (Å²) >= 11 is 0. The van der Waals surface area contributed by atoms with E-state index in [1.54, 1.807) is 16.4 Å². The van der Waals surface area contributed by atoms with Crippen LogP contribution in [0.15, 0.2) is 23.1 Å². The Morgan fingerprint density at radius 1 is 1.37 bits per heavy atom. The summed E-state index contributed by atoms with van der Waals surface area (Å²) in [6.07, 6.45) is 1.79. The lowest BCUT2D eigenvalue weighted by Gasteiger charge is -2.26. The molecule has 0 fully saturated rings. The average Bonchev–Trinajstić information content (AvgIpc) is 2.86. The number of anilines is 1. The molecule has 0 saturated heterocycles. The van der Waals surface area contributed by atoms with Gasteiger partial charge in [0.05, 0.1) is 4.90 Å². The highest BCUT2D eigenvalue weighted by molar-refractivity contribution is 7.89. The molecule has 0 aromatic heterocycles. The van der Waals surface area contributed by atoms with Crippen LogP contribution in [0.25, 0.3) is 0 Å². The molecule has 0 amide bonds. The second-order valence-corrected chi connectivity index (χ2v) is 6.85. The van der Waals surface area contributed by atoms with Crippen molar-refractivity contribution in [2.24, 2.45) is 0 Å². The largest absolute Gasteiger partial charge is 0.384 e. The Morgan fingerprint density at radius 2 is 2.11 bits per heavy atom.